The van der Waals surface area contributed by atoms with Gasteiger partial charge in [0.1, 0.15) is 0 Å². The summed E-state index contributed by atoms with van der Waals surface area (Å²) in [5, 5.41) is 8.59. The standard InChI is InChI=1S/C12H20O3/c1-5-7-12(4,6-2)11(15)9(3)8-10(13)14/h3,5-8H2,1-2,4H3,(H,13,14). The van der Waals surface area contributed by atoms with Gasteiger partial charge in [0.15, 0.2) is 5.78 Å². The van der Waals surface area contributed by atoms with Crippen LogP contribution in [-0.2, 0) is 9.59 Å². The van der Waals surface area contributed by atoms with Crippen molar-refractivity contribution in [3.63, 3.8) is 0 Å². The Labute approximate surface area is 91.2 Å². The lowest BCUT2D eigenvalue weighted by molar-refractivity contribution is -0.137. The van der Waals surface area contributed by atoms with Crippen molar-refractivity contribution in [2.75, 3.05) is 0 Å². The zero-order valence-corrected chi connectivity index (χ0v) is 9.80. The maximum absolute atomic E-state index is 12.0. The molecule has 0 rings (SSSR count). The first-order valence-corrected chi connectivity index (χ1v) is 5.31. The molecule has 0 saturated heterocycles. The van der Waals surface area contributed by atoms with Gasteiger partial charge in [-0.05, 0) is 18.4 Å². The molecule has 0 heterocycles. The molecule has 0 spiro atoms. The number of Topliss-reactive ketones (excluding diaryl/α,β-unsaturated/α-hetero) is 1. The molecular weight excluding hydrogens is 192 g/mol. The number of hydrogen-bond donors (Lipinski definition) is 1. The van der Waals surface area contributed by atoms with E-state index in [-0.39, 0.29) is 17.8 Å². The molecule has 1 unspecified atom stereocenters. The number of aliphatic carboxylic acids is 1. The second-order valence-corrected chi connectivity index (χ2v) is 4.17. The quantitative estimate of drug-likeness (QED) is 0.660. The summed E-state index contributed by atoms with van der Waals surface area (Å²) in [5.74, 6) is -1.10. The number of carbonyl (C=O) groups is 2. The van der Waals surface area contributed by atoms with Gasteiger partial charge in [-0.2, -0.15) is 0 Å². The largest absolute Gasteiger partial charge is 0.481 e. The number of carbonyl (C=O) groups excluding carboxylic acids is 1. The summed E-state index contributed by atoms with van der Waals surface area (Å²) in [4.78, 5) is 22.4. The SMILES string of the molecule is C=C(CC(=O)O)C(=O)C(C)(CC)CCC. The Hall–Kier alpha value is -1.12. The fourth-order valence-electron chi connectivity index (χ4n) is 1.69. The van der Waals surface area contributed by atoms with Gasteiger partial charge in [0.2, 0.25) is 0 Å². The first-order valence-electron chi connectivity index (χ1n) is 5.31. The van der Waals surface area contributed by atoms with E-state index in [2.05, 4.69) is 6.58 Å². The highest BCUT2D eigenvalue weighted by Crippen LogP contribution is 2.31. The molecule has 86 valence electrons. The summed E-state index contributed by atoms with van der Waals surface area (Å²) in [6.07, 6.45) is 2.16. The molecule has 0 aromatic rings. The van der Waals surface area contributed by atoms with Gasteiger partial charge in [-0.1, -0.05) is 33.8 Å². The second-order valence-electron chi connectivity index (χ2n) is 4.17. The first kappa shape index (κ1) is 13.9. The first-order chi connectivity index (χ1) is 6.87. The molecular formula is C12H20O3. The van der Waals surface area contributed by atoms with Gasteiger partial charge in [0.25, 0.3) is 0 Å². The number of carboxylic acids is 1. The van der Waals surface area contributed by atoms with Crippen LogP contribution in [0.3, 0.4) is 0 Å². The zero-order chi connectivity index (χ0) is 12.1. The molecule has 0 fully saturated rings. The molecule has 0 aliphatic rings. The molecule has 15 heavy (non-hydrogen) atoms. The topological polar surface area (TPSA) is 54.4 Å². The van der Waals surface area contributed by atoms with Crippen molar-refractivity contribution in [3.05, 3.63) is 12.2 Å². The Bertz CT molecular complexity index is 268. The minimum absolute atomic E-state index is 0.103. The van der Waals surface area contributed by atoms with Crippen LogP contribution in [0.15, 0.2) is 12.2 Å². The third-order valence-electron chi connectivity index (χ3n) is 2.82. The molecule has 3 heteroatoms. The van der Waals surface area contributed by atoms with Crippen molar-refractivity contribution in [1.29, 1.82) is 0 Å². The van der Waals surface area contributed by atoms with Gasteiger partial charge in [-0.15, -0.1) is 0 Å². The average molecular weight is 212 g/mol. The summed E-state index contributed by atoms with van der Waals surface area (Å²) in [5.41, 5.74) is -0.235. The predicted octanol–water partition coefficient (Wildman–Crippen LogP) is 2.80. The maximum atomic E-state index is 12.0. The van der Waals surface area contributed by atoms with Crippen LogP contribution in [0.2, 0.25) is 0 Å². The molecule has 0 aliphatic heterocycles. The second kappa shape index (κ2) is 5.69. The molecule has 1 atom stereocenters. The molecule has 1 N–H and O–H groups in total. The third-order valence-corrected chi connectivity index (χ3v) is 2.82. The predicted molar refractivity (Wildman–Crippen MR) is 59.7 cm³/mol. The van der Waals surface area contributed by atoms with Gasteiger partial charge in [-0.3, -0.25) is 9.59 Å². The lowest BCUT2D eigenvalue weighted by Crippen LogP contribution is -2.28. The lowest BCUT2D eigenvalue weighted by atomic mass is 9.76. The molecule has 0 bridgehead atoms. The number of hydrogen-bond acceptors (Lipinski definition) is 2. The Kier molecular flexibility index (Phi) is 5.26. The summed E-state index contributed by atoms with van der Waals surface area (Å²) in [6.45, 7) is 9.40. The lowest BCUT2D eigenvalue weighted by Gasteiger charge is -2.26. The van der Waals surface area contributed by atoms with Crippen molar-refractivity contribution >= 4 is 11.8 Å². The van der Waals surface area contributed by atoms with Crippen LogP contribution in [0.1, 0.15) is 46.5 Å². The van der Waals surface area contributed by atoms with Crippen molar-refractivity contribution in [1.82, 2.24) is 0 Å². The van der Waals surface area contributed by atoms with E-state index in [9.17, 15) is 9.59 Å². The van der Waals surface area contributed by atoms with Crippen LogP contribution in [0.25, 0.3) is 0 Å². The van der Waals surface area contributed by atoms with Gasteiger partial charge >= 0.3 is 5.97 Å². The van der Waals surface area contributed by atoms with Crippen LogP contribution in [0.5, 0.6) is 0 Å². The normalized spacial score (nSPS) is 14.3. The monoisotopic (exact) mass is 212 g/mol. The van der Waals surface area contributed by atoms with Crippen molar-refractivity contribution in [2.45, 2.75) is 46.5 Å². The third kappa shape index (κ3) is 3.86. The van der Waals surface area contributed by atoms with Gasteiger partial charge in [0.05, 0.1) is 6.42 Å². The molecule has 0 aromatic heterocycles. The number of rotatable bonds is 7. The van der Waals surface area contributed by atoms with E-state index in [1.165, 1.54) is 0 Å². The van der Waals surface area contributed by atoms with Crippen molar-refractivity contribution in [2.24, 2.45) is 5.41 Å². The smallest absolute Gasteiger partial charge is 0.307 e. The summed E-state index contributed by atoms with van der Waals surface area (Å²) in [7, 11) is 0. The average Bonchev–Trinajstić information content (AvgIpc) is 2.15. The minimum Gasteiger partial charge on any atom is -0.481 e. The van der Waals surface area contributed by atoms with E-state index < -0.39 is 11.4 Å². The molecule has 0 amide bonds. The Morgan fingerprint density at radius 1 is 1.33 bits per heavy atom. The number of carboxylic acid groups (broad SMARTS) is 1. The fraction of sp³-hybridized carbons (Fsp3) is 0.667. The van der Waals surface area contributed by atoms with Crippen LogP contribution in [-0.4, -0.2) is 16.9 Å². The van der Waals surface area contributed by atoms with E-state index in [0.717, 1.165) is 19.3 Å². The highest BCUT2D eigenvalue weighted by Gasteiger charge is 2.32. The Morgan fingerprint density at radius 3 is 2.20 bits per heavy atom. The zero-order valence-electron chi connectivity index (χ0n) is 9.80. The maximum Gasteiger partial charge on any atom is 0.307 e. The van der Waals surface area contributed by atoms with Crippen molar-refractivity contribution in [3.8, 4) is 0 Å². The summed E-state index contributed by atoms with van der Waals surface area (Å²) < 4.78 is 0. The van der Waals surface area contributed by atoms with E-state index in [1.54, 1.807) is 0 Å². The summed E-state index contributed by atoms with van der Waals surface area (Å²) in [6, 6.07) is 0. The van der Waals surface area contributed by atoms with Crippen LogP contribution >= 0.6 is 0 Å². The van der Waals surface area contributed by atoms with Gasteiger partial charge in [-0.25, -0.2) is 0 Å². The van der Waals surface area contributed by atoms with Crippen LogP contribution in [0, 0.1) is 5.41 Å². The summed E-state index contributed by atoms with van der Waals surface area (Å²) >= 11 is 0. The molecule has 0 aromatic carbocycles. The minimum atomic E-state index is -0.997. The Balaban J connectivity index is 4.64. The fourth-order valence-corrected chi connectivity index (χ4v) is 1.69. The number of ketones is 1. The van der Waals surface area contributed by atoms with Gasteiger partial charge in [0, 0.05) is 5.41 Å². The van der Waals surface area contributed by atoms with Crippen LogP contribution in [0.4, 0.5) is 0 Å². The van der Waals surface area contributed by atoms with E-state index >= 15 is 0 Å². The van der Waals surface area contributed by atoms with E-state index in [1.807, 2.05) is 20.8 Å². The molecule has 0 saturated carbocycles. The molecule has 3 nitrogen and oxygen atoms in total. The van der Waals surface area contributed by atoms with E-state index in [4.69, 9.17) is 5.11 Å². The van der Waals surface area contributed by atoms with Gasteiger partial charge < -0.3 is 5.11 Å². The van der Waals surface area contributed by atoms with Crippen LogP contribution < -0.4 is 0 Å². The highest BCUT2D eigenvalue weighted by molar-refractivity contribution is 6.01. The molecule has 0 aliphatic carbocycles. The van der Waals surface area contributed by atoms with Crippen molar-refractivity contribution < 1.29 is 14.7 Å². The molecule has 0 radical (unpaired) electrons. The van der Waals surface area contributed by atoms with E-state index in [0.29, 0.717) is 0 Å². The Morgan fingerprint density at radius 2 is 1.87 bits per heavy atom. The highest BCUT2D eigenvalue weighted by atomic mass is 16.4.